The van der Waals surface area contributed by atoms with Crippen LogP contribution >= 0.6 is 0 Å². The minimum atomic E-state index is -2.94. The van der Waals surface area contributed by atoms with Crippen molar-refractivity contribution in [1.29, 1.82) is 0 Å². The maximum atomic E-state index is 15.0. The number of alkyl halides is 2. The van der Waals surface area contributed by atoms with Gasteiger partial charge in [-0.25, -0.2) is 0 Å². The van der Waals surface area contributed by atoms with Gasteiger partial charge in [0.15, 0.2) is 0 Å². The summed E-state index contributed by atoms with van der Waals surface area (Å²) in [5.74, 6) is -2.94. The van der Waals surface area contributed by atoms with Gasteiger partial charge in [-0.1, -0.05) is 11.6 Å². The molecule has 3 aromatic rings. The topological polar surface area (TPSA) is 21.1 Å². The lowest BCUT2D eigenvalue weighted by Crippen LogP contribution is -2.24. The second kappa shape index (κ2) is 6.47. The SMILES string of the molecule is Cc1ccc2c(c1)c1c(n2CC(F)(F)c2ccncc2)CCN(C)CC1. The first-order chi connectivity index (χ1) is 12.5. The van der Waals surface area contributed by atoms with Gasteiger partial charge in [0.2, 0.25) is 0 Å². The van der Waals surface area contributed by atoms with E-state index in [1.807, 2.05) is 16.7 Å². The molecular weight excluding hydrogens is 332 g/mol. The van der Waals surface area contributed by atoms with Gasteiger partial charge >= 0.3 is 0 Å². The summed E-state index contributed by atoms with van der Waals surface area (Å²) < 4.78 is 31.9. The van der Waals surface area contributed by atoms with E-state index < -0.39 is 5.92 Å². The quantitative estimate of drug-likeness (QED) is 0.703. The van der Waals surface area contributed by atoms with Gasteiger partial charge in [-0.15, -0.1) is 0 Å². The molecule has 0 radical (unpaired) electrons. The fraction of sp³-hybridized carbons (Fsp3) is 0.381. The van der Waals surface area contributed by atoms with E-state index in [0.717, 1.165) is 48.1 Å². The molecule has 136 valence electrons. The number of fused-ring (bicyclic) bond motifs is 3. The predicted molar refractivity (Wildman–Crippen MR) is 99.7 cm³/mol. The van der Waals surface area contributed by atoms with Gasteiger partial charge in [0.1, 0.15) is 0 Å². The maximum Gasteiger partial charge on any atom is 0.290 e. The molecule has 5 heteroatoms. The standard InChI is InChI=1S/C21H23F2N3/c1-15-3-4-19-18(13-15)17-7-11-25(2)12-8-20(17)26(19)14-21(22,23)16-5-9-24-10-6-16/h3-6,9-10,13H,7-8,11-12,14H2,1-2H3. The molecule has 0 amide bonds. The molecule has 0 spiro atoms. The molecule has 0 saturated heterocycles. The molecule has 1 aliphatic rings. The maximum absolute atomic E-state index is 15.0. The molecular formula is C21H23F2N3. The minimum Gasteiger partial charge on any atom is -0.338 e. The smallest absolute Gasteiger partial charge is 0.290 e. The Hall–Kier alpha value is -2.27. The molecule has 2 aromatic heterocycles. The molecule has 3 heterocycles. The van der Waals surface area contributed by atoms with Crippen molar-refractivity contribution in [2.24, 2.45) is 0 Å². The highest BCUT2D eigenvalue weighted by Crippen LogP contribution is 2.35. The third-order valence-electron chi connectivity index (χ3n) is 5.38. The Labute approximate surface area is 152 Å². The summed E-state index contributed by atoms with van der Waals surface area (Å²) >= 11 is 0. The molecule has 0 fully saturated rings. The van der Waals surface area contributed by atoms with E-state index in [2.05, 4.69) is 29.9 Å². The predicted octanol–water partition coefficient (Wildman–Crippen LogP) is 4.17. The zero-order valence-corrected chi connectivity index (χ0v) is 15.2. The van der Waals surface area contributed by atoms with Gasteiger partial charge < -0.3 is 9.47 Å². The van der Waals surface area contributed by atoms with Crippen molar-refractivity contribution in [3.8, 4) is 0 Å². The summed E-state index contributed by atoms with van der Waals surface area (Å²) in [7, 11) is 2.09. The van der Waals surface area contributed by atoms with Crippen LogP contribution in [0.25, 0.3) is 10.9 Å². The van der Waals surface area contributed by atoms with Crippen molar-refractivity contribution >= 4 is 10.9 Å². The van der Waals surface area contributed by atoms with Crippen LogP contribution in [0.1, 0.15) is 22.4 Å². The molecule has 4 rings (SSSR count). The highest BCUT2D eigenvalue weighted by molar-refractivity contribution is 5.86. The molecule has 0 atom stereocenters. The minimum absolute atomic E-state index is 0.0148. The van der Waals surface area contributed by atoms with Gasteiger partial charge in [-0.2, -0.15) is 8.78 Å². The fourth-order valence-corrected chi connectivity index (χ4v) is 3.93. The monoisotopic (exact) mass is 355 g/mol. The zero-order valence-electron chi connectivity index (χ0n) is 15.2. The van der Waals surface area contributed by atoms with Crippen molar-refractivity contribution in [3.05, 3.63) is 65.1 Å². The summed E-state index contributed by atoms with van der Waals surface area (Å²) in [5, 5.41) is 1.13. The van der Waals surface area contributed by atoms with Crippen LogP contribution in [-0.2, 0) is 25.3 Å². The second-order valence-electron chi connectivity index (χ2n) is 7.28. The lowest BCUT2D eigenvalue weighted by molar-refractivity contribution is -0.0218. The molecule has 0 aliphatic carbocycles. The van der Waals surface area contributed by atoms with Gasteiger partial charge in [0.05, 0.1) is 6.54 Å². The Kier molecular flexibility index (Phi) is 4.27. The lowest BCUT2D eigenvalue weighted by Gasteiger charge is -2.20. The van der Waals surface area contributed by atoms with Crippen molar-refractivity contribution in [2.75, 3.05) is 20.1 Å². The number of hydrogen-bond acceptors (Lipinski definition) is 2. The number of aryl methyl sites for hydroxylation is 1. The number of likely N-dealkylation sites (N-methyl/N-ethyl adjacent to an activating group) is 1. The molecule has 0 N–H and O–H groups in total. The molecule has 26 heavy (non-hydrogen) atoms. The van der Waals surface area contributed by atoms with Gasteiger partial charge in [0.25, 0.3) is 5.92 Å². The van der Waals surface area contributed by atoms with E-state index in [-0.39, 0.29) is 12.1 Å². The molecule has 3 nitrogen and oxygen atoms in total. The van der Waals surface area contributed by atoms with Crippen LogP contribution in [0, 0.1) is 6.92 Å². The summed E-state index contributed by atoms with van der Waals surface area (Å²) in [4.78, 5) is 6.13. The molecule has 0 saturated carbocycles. The fourth-order valence-electron chi connectivity index (χ4n) is 3.93. The number of aromatic nitrogens is 2. The Bertz CT molecular complexity index is 931. The van der Waals surface area contributed by atoms with E-state index in [1.165, 1.54) is 30.1 Å². The van der Waals surface area contributed by atoms with E-state index in [1.54, 1.807) is 0 Å². The number of benzene rings is 1. The lowest BCUT2D eigenvalue weighted by atomic mass is 10.1. The number of nitrogens with zero attached hydrogens (tertiary/aromatic N) is 3. The van der Waals surface area contributed by atoms with Gasteiger partial charge in [-0.3, -0.25) is 4.98 Å². The van der Waals surface area contributed by atoms with Gasteiger partial charge in [-0.05, 0) is 50.2 Å². The highest BCUT2D eigenvalue weighted by Gasteiger charge is 2.34. The Morgan fingerprint density at radius 1 is 1.08 bits per heavy atom. The number of pyridine rings is 1. The van der Waals surface area contributed by atoms with E-state index in [9.17, 15) is 0 Å². The van der Waals surface area contributed by atoms with Crippen molar-refractivity contribution < 1.29 is 8.78 Å². The van der Waals surface area contributed by atoms with Crippen LogP contribution in [0.15, 0.2) is 42.7 Å². The highest BCUT2D eigenvalue weighted by atomic mass is 19.3. The second-order valence-corrected chi connectivity index (χ2v) is 7.28. The van der Waals surface area contributed by atoms with E-state index >= 15 is 8.78 Å². The van der Waals surface area contributed by atoms with E-state index in [0.29, 0.717) is 0 Å². The van der Waals surface area contributed by atoms with Crippen LogP contribution in [0.3, 0.4) is 0 Å². The summed E-state index contributed by atoms with van der Waals surface area (Å²) in [6.07, 6.45) is 4.55. The van der Waals surface area contributed by atoms with E-state index in [4.69, 9.17) is 0 Å². The summed E-state index contributed by atoms with van der Waals surface area (Å²) in [6.45, 7) is 3.57. The molecule has 0 unspecified atom stereocenters. The first-order valence-electron chi connectivity index (χ1n) is 9.03. The molecule has 0 bridgehead atoms. The summed E-state index contributed by atoms with van der Waals surface area (Å²) in [6, 6.07) is 8.95. The Morgan fingerprint density at radius 3 is 2.58 bits per heavy atom. The molecule has 1 aliphatic heterocycles. The Balaban J connectivity index is 1.84. The largest absolute Gasteiger partial charge is 0.338 e. The summed E-state index contributed by atoms with van der Waals surface area (Å²) in [5.41, 5.74) is 4.39. The number of rotatable bonds is 3. The number of halogens is 2. The third-order valence-corrected chi connectivity index (χ3v) is 5.38. The van der Waals surface area contributed by atoms with Gasteiger partial charge in [0, 0.05) is 54.1 Å². The first kappa shape index (κ1) is 17.2. The Morgan fingerprint density at radius 2 is 1.81 bits per heavy atom. The van der Waals surface area contributed by atoms with Crippen molar-refractivity contribution in [3.63, 3.8) is 0 Å². The first-order valence-corrected chi connectivity index (χ1v) is 9.03. The molecule has 1 aromatic carbocycles. The van der Waals surface area contributed by atoms with Crippen molar-refractivity contribution in [2.45, 2.75) is 32.2 Å². The van der Waals surface area contributed by atoms with Crippen LogP contribution in [-0.4, -0.2) is 34.6 Å². The average Bonchev–Trinajstić information content (AvgIpc) is 2.76. The zero-order chi connectivity index (χ0) is 18.3. The third kappa shape index (κ3) is 3.01. The van der Waals surface area contributed by atoms with Crippen LogP contribution in [0.5, 0.6) is 0 Å². The normalized spacial score (nSPS) is 15.8. The van der Waals surface area contributed by atoms with Crippen molar-refractivity contribution in [1.82, 2.24) is 14.5 Å². The van der Waals surface area contributed by atoms with Crippen LogP contribution in [0.2, 0.25) is 0 Å². The van der Waals surface area contributed by atoms with Crippen LogP contribution < -0.4 is 0 Å². The van der Waals surface area contributed by atoms with Crippen LogP contribution in [0.4, 0.5) is 8.78 Å². The average molecular weight is 355 g/mol. The number of hydrogen-bond donors (Lipinski definition) is 0.